The molecule has 0 aliphatic carbocycles. The predicted octanol–water partition coefficient (Wildman–Crippen LogP) is 1.06. The number of hydrogen-bond acceptors (Lipinski definition) is 5. The monoisotopic (exact) mass is 207 g/mol. The highest BCUT2D eigenvalue weighted by Crippen LogP contribution is 2.12. The van der Waals surface area contributed by atoms with Gasteiger partial charge in [-0.15, -0.1) is 10.7 Å². The molecule has 0 radical (unpaired) electrons. The Bertz CT molecular complexity index is 353. The molecule has 0 aromatic heterocycles. The number of rotatable bonds is 3. The summed E-state index contributed by atoms with van der Waals surface area (Å²) in [4.78, 5) is 0. The molecule has 0 bridgehead atoms. The van der Waals surface area contributed by atoms with Gasteiger partial charge in [0.2, 0.25) is 5.88 Å². The molecule has 80 valence electrons. The number of hydrogen-bond donors (Lipinski definition) is 2. The van der Waals surface area contributed by atoms with Crippen molar-refractivity contribution in [1.29, 1.82) is 0 Å². The molecule has 1 aliphatic heterocycles. The van der Waals surface area contributed by atoms with Crippen molar-refractivity contribution in [3.63, 3.8) is 0 Å². The van der Waals surface area contributed by atoms with Crippen molar-refractivity contribution in [2.45, 2.75) is 6.54 Å². The van der Waals surface area contributed by atoms with Crippen LogP contribution in [0.3, 0.4) is 0 Å². The zero-order chi connectivity index (χ0) is 10.7. The highest BCUT2D eigenvalue weighted by Gasteiger charge is 2.19. The van der Waals surface area contributed by atoms with E-state index in [1.807, 2.05) is 30.3 Å². The summed E-state index contributed by atoms with van der Waals surface area (Å²) >= 11 is 0. The molecule has 1 heterocycles. The average Bonchev–Trinajstić information content (AvgIpc) is 2.60. The number of methoxy groups -OCH3 is 1. The highest BCUT2D eigenvalue weighted by atomic mass is 16.6. The van der Waals surface area contributed by atoms with E-state index in [4.69, 9.17) is 4.74 Å². The maximum Gasteiger partial charge on any atom is 0.249 e. The lowest BCUT2D eigenvalue weighted by Gasteiger charge is -2.17. The summed E-state index contributed by atoms with van der Waals surface area (Å²) in [5.41, 5.74) is 3.85. The standard InChI is InChI=1S/C10H13N3O2/c1-15-10-8-12(11-13(10)14)7-9-5-3-2-4-6-9/h2-6,8,11,14H,7H2,1H3. The molecule has 0 saturated heterocycles. The summed E-state index contributed by atoms with van der Waals surface area (Å²) in [6.07, 6.45) is 1.69. The van der Waals surface area contributed by atoms with Crippen molar-refractivity contribution in [1.82, 2.24) is 15.7 Å². The number of ether oxygens (including phenoxy) is 1. The van der Waals surface area contributed by atoms with Crippen molar-refractivity contribution in [3.05, 3.63) is 48.0 Å². The van der Waals surface area contributed by atoms with Crippen LogP contribution >= 0.6 is 0 Å². The van der Waals surface area contributed by atoms with Gasteiger partial charge in [0.25, 0.3) is 0 Å². The Balaban J connectivity index is 2.01. The third kappa shape index (κ3) is 2.20. The normalized spacial score (nSPS) is 15.5. The van der Waals surface area contributed by atoms with Gasteiger partial charge in [0.1, 0.15) is 0 Å². The second-order valence-corrected chi connectivity index (χ2v) is 3.20. The van der Waals surface area contributed by atoms with E-state index in [1.165, 1.54) is 7.11 Å². The number of hydroxylamine groups is 1. The maximum atomic E-state index is 9.32. The van der Waals surface area contributed by atoms with Crippen molar-refractivity contribution in [2.75, 3.05) is 7.11 Å². The smallest absolute Gasteiger partial charge is 0.249 e. The van der Waals surface area contributed by atoms with Crippen molar-refractivity contribution in [2.24, 2.45) is 0 Å². The summed E-state index contributed by atoms with van der Waals surface area (Å²) in [7, 11) is 1.50. The Labute approximate surface area is 88.1 Å². The van der Waals surface area contributed by atoms with Gasteiger partial charge < -0.3 is 4.74 Å². The molecule has 2 rings (SSSR count). The van der Waals surface area contributed by atoms with Crippen molar-refractivity contribution >= 4 is 0 Å². The molecular weight excluding hydrogens is 194 g/mol. The van der Waals surface area contributed by atoms with Crippen LogP contribution in [0.4, 0.5) is 0 Å². The lowest BCUT2D eigenvalue weighted by atomic mass is 10.2. The molecule has 15 heavy (non-hydrogen) atoms. The molecule has 0 amide bonds. The van der Waals surface area contributed by atoms with E-state index < -0.39 is 0 Å². The van der Waals surface area contributed by atoms with E-state index in [1.54, 1.807) is 11.2 Å². The summed E-state index contributed by atoms with van der Waals surface area (Å²) < 4.78 is 4.92. The van der Waals surface area contributed by atoms with Gasteiger partial charge in [-0.1, -0.05) is 30.3 Å². The SMILES string of the molecule is COC1=CN(Cc2ccccc2)NN1O. The Hall–Kier alpha value is -1.72. The van der Waals surface area contributed by atoms with E-state index in [-0.39, 0.29) is 0 Å². The van der Waals surface area contributed by atoms with Gasteiger partial charge in [0.15, 0.2) is 0 Å². The van der Waals surface area contributed by atoms with E-state index in [9.17, 15) is 5.21 Å². The molecule has 1 aromatic rings. The minimum Gasteiger partial charge on any atom is -0.479 e. The molecule has 2 N–H and O–H groups in total. The first-order valence-corrected chi connectivity index (χ1v) is 4.61. The fourth-order valence-corrected chi connectivity index (χ4v) is 1.39. The van der Waals surface area contributed by atoms with Crippen LogP contribution in [0.1, 0.15) is 5.56 Å². The molecule has 5 nitrogen and oxygen atoms in total. The second-order valence-electron chi connectivity index (χ2n) is 3.20. The Kier molecular flexibility index (Phi) is 2.75. The van der Waals surface area contributed by atoms with Gasteiger partial charge in [-0.05, 0) is 5.56 Å². The molecule has 1 aromatic carbocycles. The molecule has 1 aliphatic rings. The quantitative estimate of drug-likeness (QED) is 0.776. The van der Waals surface area contributed by atoms with Crippen LogP contribution in [0.5, 0.6) is 0 Å². The van der Waals surface area contributed by atoms with E-state index in [0.717, 1.165) is 10.7 Å². The van der Waals surface area contributed by atoms with Gasteiger partial charge in [0, 0.05) is 0 Å². The zero-order valence-corrected chi connectivity index (χ0v) is 8.42. The maximum absolute atomic E-state index is 9.32. The van der Waals surface area contributed by atoms with E-state index in [2.05, 4.69) is 5.53 Å². The van der Waals surface area contributed by atoms with Gasteiger partial charge >= 0.3 is 0 Å². The third-order valence-electron chi connectivity index (χ3n) is 2.10. The zero-order valence-electron chi connectivity index (χ0n) is 8.42. The molecule has 0 unspecified atom stereocenters. The molecule has 0 spiro atoms. The summed E-state index contributed by atoms with van der Waals surface area (Å²) in [6, 6.07) is 9.95. The second kappa shape index (κ2) is 4.20. The molecule has 0 saturated carbocycles. The number of nitrogens with zero attached hydrogens (tertiary/aromatic N) is 2. The minimum absolute atomic E-state index is 0.367. The van der Waals surface area contributed by atoms with Crippen LogP contribution in [0, 0.1) is 0 Å². The van der Waals surface area contributed by atoms with Gasteiger partial charge in [0.05, 0.1) is 19.9 Å². The van der Waals surface area contributed by atoms with Crippen LogP contribution in [-0.4, -0.2) is 22.5 Å². The van der Waals surface area contributed by atoms with Gasteiger partial charge in [-0.2, -0.15) is 0 Å². The average molecular weight is 207 g/mol. The van der Waals surface area contributed by atoms with Crippen LogP contribution < -0.4 is 5.53 Å². The van der Waals surface area contributed by atoms with Crippen LogP contribution in [0.25, 0.3) is 0 Å². The fraction of sp³-hybridized carbons (Fsp3) is 0.200. The minimum atomic E-state index is 0.367. The van der Waals surface area contributed by atoms with Crippen LogP contribution in [-0.2, 0) is 11.3 Å². The number of nitrogens with one attached hydrogen (secondary N) is 1. The molecule has 5 heteroatoms. The molecule has 0 fully saturated rings. The van der Waals surface area contributed by atoms with Crippen LogP contribution in [0.15, 0.2) is 42.4 Å². The fourth-order valence-electron chi connectivity index (χ4n) is 1.39. The van der Waals surface area contributed by atoms with Crippen LogP contribution in [0.2, 0.25) is 0 Å². The first kappa shape index (κ1) is 9.82. The van der Waals surface area contributed by atoms with E-state index >= 15 is 0 Å². The number of hydrazine groups is 2. The first-order chi connectivity index (χ1) is 7.29. The van der Waals surface area contributed by atoms with Crippen molar-refractivity contribution < 1.29 is 9.94 Å². The summed E-state index contributed by atoms with van der Waals surface area (Å²) in [6.45, 7) is 0.658. The largest absolute Gasteiger partial charge is 0.479 e. The highest BCUT2D eigenvalue weighted by molar-refractivity contribution is 5.15. The van der Waals surface area contributed by atoms with E-state index in [0.29, 0.717) is 12.4 Å². The molecule has 0 atom stereocenters. The number of benzene rings is 1. The topological polar surface area (TPSA) is 48.0 Å². The third-order valence-corrected chi connectivity index (χ3v) is 2.10. The predicted molar refractivity (Wildman–Crippen MR) is 53.8 cm³/mol. The van der Waals surface area contributed by atoms with Gasteiger partial charge in [-0.25, -0.2) is 0 Å². The lowest BCUT2D eigenvalue weighted by Crippen LogP contribution is -2.38. The summed E-state index contributed by atoms with van der Waals surface area (Å²) in [5, 5.41) is 11.9. The Morgan fingerprint density at radius 3 is 2.67 bits per heavy atom. The lowest BCUT2D eigenvalue weighted by molar-refractivity contribution is -0.159. The Morgan fingerprint density at radius 1 is 1.33 bits per heavy atom. The Morgan fingerprint density at radius 2 is 2.07 bits per heavy atom. The van der Waals surface area contributed by atoms with Gasteiger partial charge in [-0.3, -0.25) is 10.2 Å². The first-order valence-electron chi connectivity index (χ1n) is 4.61. The summed E-state index contributed by atoms with van der Waals surface area (Å²) in [5.74, 6) is 0.367. The van der Waals surface area contributed by atoms with Crippen molar-refractivity contribution in [3.8, 4) is 0 Å². The molecular formula is C10H13N3O2.